The lowest BCUT2D eigenvalue weighted by Crippen LogP contribution is -2.49. The van der Waals surface area contributed by atoms with Gasteiger partial charge < -0.3 is 10.4 Å². The Kier molecular flexibility index (Phi) is 5.28. The topological polar surface area (TPSA) is 52.6 Å². The molecule has 0 radical (unpaired) electrons. The molecule has 1 aromatic carbocycles. The molecule has 2 atom stereocenters. The number of anilines is 1. The maximum absolute atomic E-state index is 12.9. The molecule has 2 N–H and O–H groups in total. The first-order valence-corrected chi connectivity index (χ1v) is 8.62. The summed E-state index contributed by atoms with van der Waals surface area (Å²) in [5.74, 6) is -0.292. The molecule has 23 heavy (non-hydrogen) atoms. The van der Waals surface area contributed by atoms with Gasteiger partial charge in [0.15, 0.2) is 0 Å². The van der Waals surface area contributed by atoms with Gasteiger partial charge in [-0.2, -0.15) is 0 Å². The lowest BCUT2D eigenvalue weighted by atomic mass is 9.88. The Morgan fingerprint density at radius 3 is 2.39 bits per heavy atom. The van der Waals surface area contributed by atoms with Gasteiger partial charge in [0.25, 0.3) is 0 Å². The van der Waals surface area contributed by atoms with Crippen molar-refractivity contribution in [1.29, 1.82) is 0 Å². The molecule has 1 aliphatic carbocycles. The third kappa shape index (κ3) is 4.09. The van der Waals surface area contributed by atoms with Crippen molar-refractivity contribution in [1.82, 2.24) is 4.90 Å². The van der Waals surface area contributed by atoms with Crippen LogP contribution in [0.15, 0.2) is 24.3 Å². The van der Waals surface area contributed by atoms with E-state index in [9.17, 15) is 14.3 Å². The number of hydrogen-bond donors (Lipinski definition) is 2. The summed E-state index contributed by atoms with van der Waals surface area (Å²) >= 11 is 0. The molecule has 1 aromatic rings. The predicted octanol–water partition coefficient (Wildman–Crippen LogP) is 2.78. The molecule has 1 aliphatic heterocycles. The van der Waals surface area contributed by atoms with Crippen LogP contribution in [0.2, 0.25) is 0 Å². The first-order chi connectivity index (χ1) is 11.1. The zero-order valence-corrected chi connectivity index (χ0v) is 13.4. The monoisotopic (exact) mass is 320 g/mol. The first-order valence-electron chi connectivity index (χ1n) is 8.62. The maximum Gasteiger partial charge on any atom is 0.227 e. The first kappa shape index (κ1) is 16.4. The van der Waals surface area contributed by atoms with E-state index >= 15 is 0 Å². The molecule has 1 saturated heterocycles. The standard InChI is InChI=1S/C18H25FN2O2/c19-14-5-7-15(8-6-14)20-18(23)13-9-11-21(12-10-13)16-3-1-2-4-17(16)22/h5-8,13,16-17,22H,1-4,9-12H2,(H,20,23). The van der Waals surface area contributed by atoms with Gasteiger partial charge in [0.05, 0.1) is 6.10 Å². The predicted molar refractivity (Wildman–Crippen MR) is 87.6 cm³/mol. The molecule has 0 spiro atoms. The summed E-state index contributed by atoms with van der Waals surface area (Å²) in [7, 11) is 0. The molecular formula is C18H25FN2O2. The van der Waals surface area contributed by atoms with Crippen LogP contribution in [0, 0.1) is 11.7 Å². The van der Waals surface area contributed by atoms with E-state index in [0.29, 0.717) is 5.69 Å². The summed E-state index contributed by atoms with van der Waals surface area (Å²) in [5, 5.41) is 13.0. The van der Waals surface area contributed by atoms with Crippen LogP contribution in [-0.4, -0.2) is 41.1 Å². The van der Waals surface area contributed by atoms with Crippen LogP contribution < -0.4 is 5.32 Å². The highest BCUT2D eigenvalue weighted by Crippen LogP contribution is 2.28. The van der Waals surface area contributed by atoms with Crippen molar-refractivity contribution >= 4 is 11.6 Å². The Morgan fingerprint density at radius 2 is 1.74 bits per heavy atom. The van der Waals surface area contributed by atoms with Crippen LogP contribution in [0.1, 0.15) is 38.5 Å². The fourth-order valence-corrected chi connectivity index (χ4v) is 3.79. The molecular weight excluding hydrogens is 295 g/mol. The van der Waals surface area contributed by atoms with E-state index in [1.165, 1.54) is 18.6 Å². The lowest BCUT2D eigenvalue weighted by molar-refractivity contribution is -0.121. The van der Waals surface area contributed by atoms with Crippen LogP contribution in [0.5, 0.6) is 0 Å². The number of piperidine rings is 1. The number of aliphatic hydroxyl groups is 1. The maximum atomic E-state index is 12.9. The number of rotatable bonds is 3. The summed E-state index contributed by atoms with van der Waals surface area (Å²) < 4.78 is 12.9. The number of carbonyl (C=O) groups is 1. The second-order valence-electron chi connectivity index (χ2n) is 6.73. The van der Waals surface area contributed by atoms with Gasteiger partial charge in [-0.3, -0.25) is 9.69 Å². The van der Waals surface area contributed by atoms with E-state index in [0.717, 1.165) is 45.2 Å². The Morgan fingerprint density at radius 1 is 1.09 bits per heavy atom. The molecule has 0 aromatic heterocycles. The smallest absolute Gasteiger partial charge is 0.227 e. The van der Waals surface area contributed by atoms with Gasteiger partial charge in [0.1, 0.15) is 5.82 Å². The van der Waals surface area contributed by atoms with Crippen molar-refractivity contribution in [2.24, 2.45) is 5.92 Å². The molecule has 1 saturated carbocycles. The molecule has 1 amide bonds. The van der Waals surface area contributed by atoms with Crippen LogP contribution in [0.25, 0.3) is 0 Å². The largest absolute Gasteiger partial charge is 0.391 e. The number of amides is 1. The zero-order chi connectivity index (χ0) is 16.2. The van der Waals surface area contributed by atoms with Crippen molar-refractivity contribution in [2.45, 2.75) is 50.7 Å². The minimum absolute atomic E-state index is 0.00274. The molecule has 2 unspecified atom stereocenters. The molecule has 1 heterocycles. The normalized spacial score (nSPS) is 26.9. The lowest BCUT2D eigenvalue weighted by Gasteiger charge is -2.41. The molecule has 5 heteroatoms. The van der Waals surface area contributed by atoms with Crippen molar-refractivity contribution in [3.63, 3.8) is 0 Å². The summed E-state index contributed by atoms with van der Waals surface area (Å²) in [4.78, 5) is 14.7. The highest BCUT2D eigenvalue weighted by molar-refractivity contribution is 5.92. The van der Waals surface area contributed by atoms with Crippen molar-refractivity contribution in [3.8, 4) is 0 Å². The number of benzene rings is 1. The van der Waals surface area contributed by atoms with E-state index in [2.05, 4.69) is 10.2 Å². The average Bonchev–Trinajstić information content (AvgIpc) is 2.57. The third-order valence-corrected chi connectivity index (χ3v) is 5.18. The Hall–Kier alpha value is -1.46. The highest BCUT2D eigenvalue weighted by Gasteiger charge is 2.33. The second kappa shape index (κ2) is 7.41. The molecule has 3 rings (SSSR count). The number of halogens is 1. The summed E-state index contributed by atoms with van der Waals surface area (Å²) in [6.07, 6.45) is 5.68. The van der Waals surface area contributed by atoms with Crippen LogP contribution in [-0.2, 0) is 4.79 Å². The van der Waals surface area contributed by atoms with E-state index < -0.39 is 0 Å². The quantitative estimate of drug-likeness (QED) is 0.900. The number of nitrogens with one attached hydrogen (secondary N) is 1. The minimum Gasteiger partial charge on any atom is -0.391 e. The van der Waals surface area contributed by atoms with Gasteiger partial charge in [-0.1, -0.05) is 12.8 Å². The number of carbonyl (C=O) groups excluding carboxylic acids is 1. The Balaban J connectivity index is 1.50. The van der Waals surface area contributed by atoms with Crippen molar-refractivity contribution in [2.75, 3.05) is 18.4 Å². The van der Waals surface area contributed by atoms with E-state index in [4.69, 9.17) is 0 Å². The fraction of sp³-hybridized carbons (Fsp3) is 0.611. The molecule has 126 valence electrons. The number of hydrogen-bond acceptors (Lipinski definition) is 3. The number of likely N-dealkylation sites (tertiary alicyclic amines) is 1. The summed E-state index contributed by atoms with van der Waals surface area (Å²) in [6.45, 7) is 1.73. The number of aliphatic hydroxyl groups excluding tert-OH is 1. The van der Waals surface area contributed by atoms with Gasteiger partial charge in [-0.05, 0) is 63.0 Å². The van der Waals surface area contributed by atoms with Gasteiger partial charge in [0.2, 0.25) is 5.91 Å². The van der Waals surface area contributed by atoms with Crippen molar-refractivity contribution < 1.29 is 14.3 Å². The SMILES string of the molecule is O=C(Nc1ccc(F)cc1)C1CCN(C2CCCCC2O)CC1. The van der Waals surface area contributed by atoms with E-state index in [-0.39, 0.29) is 29.8 Å². The highest BCUT2D eigenvalue weighted by atomic mass is 19.1. The van der Waals surface area contributed by atoms with Crippen LogP contribution in [0.4, 0.5) is 10.1 Å². The summed E-state index contributed by atoms with van der Waals surface area (Å²) in [6, 6.07) is 6.14. The second-order valence-corrected chi connectivity index (χ2v) is 6.73. The molecule has 4 nitrogen and oxygen atoms in total. The molecule has 0 bridgehead atoms. The Labute approximate surface area is 136 Å². The van der Waals surface area contributed by atoms with Gasteiger partial charge in [-0.15, -0.1) is 0 Å². The van der Waals surface area contributed by atoms with Gasteiger partial charge in [-0.25, -0.2) is 4.39 Å². The summed E-state index contributed by atoms with van der Waals surface area (Å²) in [5.41, 5.74) is 0.640. The number of nitrogens with zero attached hydrogens (tertiary/aromatic N) is 1. The zero-order valence-electron chi connectivity index (χ0n) is 13.4. The molecule has 2 aliphatic rings. The van der Waals surface area contributed by atoms with E-state index in [1.807, 2.05) is 0 Å². The average molecular weight is 320 g/mol. The van der Waals surface area contributed by atoms with Crippen LogP contribution in [0.3, 0.4) is 0 Å². The van der Waals surface area contributed by atoms with Crippen LogP contribution >= 0.6 is 0 Å². The third-order valence-electron chi connectivity index (χ3n) is 5.18. The van der Waals surface area contributed by atoms with Crippen molar-refractivity contribution in [3.05, 3.63) is 30.1 Å². The van der Waals surface area contributed by atoms with Gasteiger partial charge >= 0.3 is 0 Å². The Bertz CT molecular complexity index is 526. The van der Waals surface area contributed by atoms with Gasteiger partial charge in [0, 0.05) is 17.6 Å². The van der Waals surface area contributed by atoms with E-state index in [1.54, 1.807) is 12.1 Å². The molecule has 2 fully saturated rings. The fourth-order valence-electron chi connectivity index (χ4n) is 3.79. The minimum atomic E-state index is -0.303.